The number of aliphatic hydroxyl groups excluding tert-OH is 1. The van der Waals surface area contributed by atoms with Crippen LogP contribution in [0.4, 0.5) is 0 Å². The Labute approximate surface area is 92.3 Å². The lowest BCUT2D eigenvalue weighted by atomic mass is 10.1. The van der Waals surface area contributed by atoms with Crippen LogP contribution >= 0.6 is 0 Å². The van der Waals surface area contributed by atoms with Gasteiger partial charge in [0.2, 0.25) is 0 Å². The van der Waals surface area contributed by atoms with Gasteiger partial charge >= 0.3 is 0 Å². The third kappa shape index (κ3) is 1.42. The van der Waals surface area contributed by atoms with E-state index in [0.717, 1.165) is 27.9 Å². The first kappa shape index (κ1) is 9.24. The van der Waals surface area contributed by atoms with Crippen molar-refractivity contribution in [3.8, 4) is 11.5 Å². The molecule has 0 unspecified atom stereocenters. The molecule has 0 atom stereocenters. The highest BCUT2D eigenvalue weighted by Crippen LogP contribution is 2.25. The number of furan rings is 1. The second-order valence-electron chi connectivity index (χ2n) is 3.74. The first-order valence-corrected chi connectivity index (χ1v) is 5.13. The molecule has 0 spiro atoms. The zero-order valence-electron chi connectivity index (χ0n) is 8.60. The molecule has 0 saturated carbocycles. The van der Waals surface area contributed by atoms with E-state index >= 15 is 0 Å². The van der Waals surface area contributed by atoms with Gasteiger partial charge in [-0.1, -0.05) is 6.07 Å². The van der Waals surface area contributed by atoms with Crippen LogP contribution in [-0.2, 0) is 6.61 Å². The fourth-order valence-electron chi connectivity index (χ4n) is 1.85. The average molecular weight is 213 g/mol. The van der Waals surface area contributed by atoms with Gasteiger partial charge in [-0.2, -0.15) is 0 Å². The molecule has 0 aliphatic heterocycles. The number of hydrogen-bond acceptors (Lipinski definition) is 2. The number of aromatic nitrogens is 1. The number of nitrogens with one attached hydrogen (secondary N) is 1. The fourth-order valence-corrected chi connectivity index (χ4v) is 1.85. The van der Waals surface area contributed by atoms with E-state index in [0.29, 0.717) is 0 Å². The molecule has 0 bridgehead atoms. The monoisotopic (exact) mass is 213 g/mol. The maximum atomic E-state index is 9.06. The lowest BCUT2D eigenvalue weighted by molar-refractivity contribution is 0.282. The highest BCUT2D eigenvalue weighted by molar-refractivity contribution is 5.85. The highest BCUT2D eigenvalue weighted by Gasteiger charge is 2.05. The van der Waals surface area contributed by atoms with Crippen molar-refractivity contribution in [1.29, 1.82) is 0 Å². The zero-order valence-corrected chi connectivity index (χ0v) is 8.60. The molecular formula is C13H11NO2. The number of hydrogen-bond donors (Lipinski definition) is 2. The van der Waals surface area contributed by atoms with E-state index in [1.807, 2.05) is 36.4 Å². The Bertz CT molecular complexity index is 608. The van der Waals surface area contributed by atoms with Gasteiger partial charge in [0.25, 0.3) is 0 Å². The van der Waals surface area contributed by atoms with Crippen LogP contribution in [0.5, 0.6) is 0 Å². The van der Waals surface area contributed by atoms with Crippen LogP contribution in [0.3, 0.4) is 0 Å². The molecule has 0 amide bonds. The van der Waals surface area contributed by atoms with Crippen LogP contribution in [-0.4, -0.2) is 10.1 Å². The van der Waals surface area contributed by atoms with Crippen molar-refractivity contribution in [2.24, 2.45) is 0 Å². The molecule has 3 heteroatoms. The maximum Gasteiger partial charge on any atom is 0.150 e. The minimum atomic E-state index is 0.0667. The largest absolute Gasteiger partial charge is 0.463 e. The second-order valence-corrected chi connectivity index (χ2v) is 3.74. The Hall–Kier alpha value is -2.00. The predicted octanol–water partition coefficient (Wildman–Crippen LogP) is 2.92. The molecule has 3 nitrogen and oxygen atoms in total. The minimum Gasteiger partial charge on any atom is -0.463 e. The van der Waals surface area contributed by atoms with Crippen LogP contribution in [0.15, 0.2) is 47.1 Å². The van der Waals surface area contributed by atoms with Crippen molar-refractivity contribution in [1.82, 2.24) is 4.98 Å². The number of aromatic amines is 1. The van der Waals surface area contributed by atoms with Crippen LogP contribution in [0.2, 0.25) is 0 Å². The van der Waals surface area contributed by atoms with Crippen LogP contribution < -0.4 is 0 Å². The summed E-state index contributed by atoms with van der Waals surface area (Å²) < 4.78 is 5.33. The van der Waals surface area contributed by atoms with Gasteiger partial charge in [0.05, 0.1) is 18.6 Å². The predicted molar refractivity (Wildman–Crippen MR) is 61.9 cm³/mol. The smallest absolute Gasteiger partial charge is 0.150 e. The number of aliphatic hydroxyl groups is 1. The van der Waals surface area contributed by atoms with E-state index in [4.69, 9.17) is 9.52 Å². The highest BCUT2D eigenvalue weighted by atomic mass is 16.3. The molecule has 3 rings (SSSR count). The third-order valence-electron chi connectivity index (χ3n) is 2.65. The summed E-state index contributed by atoms with van der Waals surface area (Å²) in [5.74, 6) is 0.821. The maximum absolute atomic E-state index is 9.06. The molecule has 0 aliphatic carbocycles. The quantitative estimate of drug-likeness (QED) is 0.687. The van der Waals surface area contributed by atoms with Crippen molar-refractivity contribution < 1.29 is 9.52 Å². The molecule has 0 fully saturated rings. The number of benzene rings is 1. The molecule has 16 heavy (non-hydrogen) atoms. The van der Waals surface area contributed by atoms with Crippen molar-refractivity contribution in [3.05, 3.63) is 48.2 Å². The van der Waals surface area contributed by atoms with Gasteiger partial charge in [-0.15, -0.1) is 0 Å². The summed E-state index contributed by atoms with van der Waals surface area (Å²) in [5.41, 5.74) is 2.91. The van der Waals surface area contributed by atoms with Crippen molar-refractivity contribution in [2.45, 2.75) is 6.61 Å². The van der Waals surface area contributed by atoms with E-state index in [-0.39, 0.29) is 6.61 Å². The van der Waals surface area contributed by atoms with Gasteiger partial charge < -0.3 is 14.5 Å². The van der Waals surface area contributed by atoms with Gasteiger partial charge in [0.1, 0.15) is 5.76 Å². The molecule has 80 valence electrons. The van der Waals surface area contributed by atoms with Gasteiger partial charge in [-0.25, -0.2) is 0 Å². The van der Waals surface area contributed by atoms with E-state index in [9.17, 15) is 0 Å². The Morgan fingerprint density at radius 1 is 1.19 bits per heavy atom. The molecule has 2 heterocycles. The van der Waals surface area contributed by atoms with Gasteiger partial charge in [-0.3, -0.25) is 0 Å². The SMILES string of the molecule is OCc1ccc2[nH]c(-c3ccco3)cc2c1. The number of rotatable bonds is 2. The lowest BCUT2D eigenvalue weighted by Gasteiger charge is -1.94. The molecule has 0 saturated heterocycles. The summed E-state index contributed by atoms with van der Waals surface area (Å²) in [4.78, 5) is 3.27. The Kier molecular flexibility index (Phi) is 2.04. The van der Waals surface area contributed by atoms with Gasteiger partial charge in [0.15, 0.2) is 0 Å². The third-order valence-corrected chi connectivity index (χ3v) is 2.65. The summed E-state index contributed by atoms with van der Waals surface area (Å²) in [6.07, 6.45) is 1.65. The first-order chi connectivity index (χ1) is 7.86. The summed E-state index contributed by atoms with van der Waals surface area (Å²) >= 11 is 0. The Morgan fingerprint density at radius 2 is 2.12 bits per heavy atom. The Morgan fingerprint density at radius 3 is 2.88 bits per heavy atom. The van der Waals surface area contributed by atoms with E-state index in [1.54, 1.807) is 6.26 Å². The Balaban J connectivity index is 2.16. The summed E-state index contributed by atoms with van der Waals surface area (Å²) in [6.45, 7) is 0.0667. The molecule has 3 aromatic rings. The lowest BCUT2D eigenvalue weighted by Crippen LogP contribution is -1.80. The van der Waals surface area contributed by atoms with E-state index in [2.05, 4.69) is 4.98 Å². The fraction of sp³-hybridized carbons (Fsp3) is 0.0769. The average Bonchev–Trinajstić information content (AvgIpc) is 2.96. The van der Waals surface area contributed by atoms with Crippen molar-refractivity contribution in [3.63, 3.8) is 0 Å². The van der Waals surface area contributed by atoms with E-state index < -0.39 is 0 Å². The standard InChI is InChI=1S/C13H11NO2/c15-8-9-3-4-11-10(6-9)7-12(14-11)13-2-1-5-16-13/h1-7,14-15H,8H2. The number of fused-ring (bicyclic) bond motifs is 1. The van der Waals surface area contributed by atoms with Gasteiger partial charge in [-0.05, 0) is 35.9 Å². The minimum absolute atomic E-state index is 0.0667. The van der Waals surface area contributed by atoms with Crippen molar-refractivity contribution in [2.75, 3.05) is 0 Å². The van der Waals surface area contributed by atoms with Crippen molar-refractivity contribution >= 4 is 10.9 Å². The zero-order chi connectivity index (χ0) is 11.0. The van der Waals surface area contributed by atoms with E-state index in [1.165, 1.54) is 0 Å². The summed E-state index contributed by atoms with van der Waals surface area (Å²) in [7, 11) is 0. The molecular weight excluding hydrogens is 202 g/mol. The topological polar surface area (TPSA) is 49.2 Å². The van der Waals surface area contributed by atoms with Gasteiger partial charge in [0, 0.05) is 10.9 Å². The summed E-state index contributed by atoms with van der Waals surface area (Å²) in [5, 5.41) is 10.1. The molecule has 1 aromatic carbocycles. The van der Waals surface area contributed by atoms with Crippen LogP contribution in [0.25, 0.3) is 22.4 Å². The normalized spacial score (nSPS) is 11.1. The van der Waals surface area contributed by atoms with Crippen LogP contribution in [0.1, 0.15) is 5.56 Å². The number of H-pyrrole nitrogens is 1. The molecule has 0 aliphatic rings. The first-order valence-electron chi connectivity index (χ1n) is 5.13. The van der Waals surface area contributed by atoms with Crippen LogP contribution in [0, 0.1) is 0 Å². The summed E-state index contributed by atoms with van der Waals surface area (Å²) in [6, 6.07) is 11.6. The molecule has 2 N–H and O–H groups in total. The molecule has 2 aromatic heterocycles. The molecule has 0 radical (unpaired) electrons. The second kappa shape index (κ2) is 3.54.